The lowest BCUT2D eigenvalue weighted by atomic mass is 10.2. The van der Waals surface area contributed by atoms with Gasteiger partial charge in [-0.2, -0.15) is 0 Å². The topological polar surface area (TPSA) is 75.6 Å². The average molecular weight is 285 g/mol. The van der Waals surface area contributed by atoms with E-state index in [0.717, 1.165) is 23.8 Å². The van der Waals surface area contributed by atoms with Crippen LogP contribution in [0.1, 0.15) is 24.6 Å². The summed E-state index contributed by atoms with van der Waals surface area (Å²) >= 11 is 1.44. The van der Waals surface area contributed by atoms with Gasteiger partial charge in [0.1, 0.15) is 5.51 Å². The molecule has 0 spiro atoms. The fourth-order valence-electron chi connectivity index (χ4n) is 1.88. The predicted octanol–water partition coefficient (Wildman–Crippen LogP) is 1.92. The average Bonchev–Trinajstić information content (AvgIpc) is 3.01. The molecule has 2 aromatic rings. The second-order valence-corrected chi connectivity index (χ2v) is 4.68. The highest BCUT2D eigenvalue weighted by molar-refractivity contribution is 7.13. The zero-order valence-electron chi connectivity index (χ0n) is 9.54. The van der Waals surface area contributed by atoms with Gasteiger partial charge < -0.3 is 10.6 Å². The minimum absolute atomic E-state index is 0. The highest BCUT2D eigenvalue weighted by atomic mass is 35.5. The van der Waals surface area contributed by atoms with Gasteiger partial charge >= 0.3 is 0 Å². The molecule has 0 amide bonds. The molecule has 2 aromatic heterocycles. The molecular formula is C10H13ClN6S. The normalized spacial score (nSPS) is 18.3. The molecule has 1 aliphatic heterocycles. The summed E-state index contributed by atoms with van der Waals surface area (Å²) in [5, 5.41) is 14.9. The van der Waals surface area contributed by atoms with Crippen LogP contribution in [0.3, 0.4) is 0 Å². The van der Waals surface area contributed by atoms with E-state index in [1.165, 1.54) is 17.8 Å². The molecule has 1 fully saturated rings. The Morgan fingerprint density at radius 1 is 1.39 bits per heavy atom. The van der Waals surface area contributed by atoms with Gasteiger partial charge in [-0.15, -0.1) is 22.6 Å². The number of halogens is 1. The molecule has 1 atom stereocenters. The van der Waals surface area contributed by atoms with Crippen molar-refractivity contribution in [2.45, 2.75) is 18.9 Å². The largest absolute Gasteiger partial charge is 0.313 e. The molecule has 1 saturated heterocycles. The third-order valence-corrected chi connectivity index (χ3v) is 3.27. The molecule has 3 rings (SSSR count). The maximum Gasteiger partial charge on any atom is 0.211 e. The Morgan fingerprint density at radius 2 is 2.33 bits per heavy atom. The molecule has 3 heterocycles. The van der Waals surface area contributed by atoms with Crippen LogP contribution < -0.4 is 10.6 Å². The van der Waals surface area contributed by atoms with Gasteiger partial charge in [0.2, 0.25) is 5.13 Å². The van der Waals surface area contributed by atoms with Crippen molar-refractivity contribution in [1.29, 1.82) is 0 Å². The number of nitrogens with one attached hydrogen (secondary N) is 2. The molecule has 2 N–H and O–H groups in total. The van der Waals surface area contributed by atoms with Crippen LogP contribution in [0.15, 0.2) is 17.9 Å². The van der Waals surface area contributed by atoms with E-state index < -0.39 is 0 Å². The Morgan fingerprint density at radius 3 is 3.06 bits per heavy atom. The third kappa shape index (κ3) is 2.92. The first-order chi connectivity index (χ1) is 8.42. The van der Waals surface area contributed by atoms with E-state index in [4.69, 9.17) is 0 Å². The van der Waals surface area contributed by atoms with Gasteiger partial charge in [-0.3, -0.25) is 4.98 Å². The standard InChI is InChI=1S/C10H12N6S.ClH/c1-2-7(12-3-1)8-4-11-5-9(14-8)15-10-16-13-6-17-10;/h4-7,12H,1-3H2,(H,14,15,16);1H. The maximum atomic E-state index is 4.53. The van der Waals surface area contributed by atoms with Crippen LogP contribution >= 0.6 is 23.7 Å². The maximum absolute atomic E-state index is 4.53. The van der Waals surface area contributed by atoms with Crippen LogP contribution in [0, 0.1) is 0 Å². The monoisotopic (exact) mass is 284 g/mol. The summed E-state index contributed by atoms with van der Waals surface area (Å²) in [4.78, 5) is 8.73. The molecule has 0 saturated carbocycles. The van der Waals surface area contributed by atoms with Gasteiger partial charge in [-0.05, 0) is 19.4 Å². The van der Waals surface area contributed by atoms with Gasteiger partial charge in [0.25, 0.3) is 0 Å². The van der Waals surface area contributed by atoms with Crippen molar-refractivity contribution >= 4 is 34.7 Å². The Labute approximate surface area is 115 Å². The smallest absolute Gasteiger partial charge is 0.211 e. The fourth-order valence-corrected chi connectivity index (χ4v) is 2.34. The summed E-state index contributed by atoms with van der Waals surface area (Å²) in [6, 6.07) is 0.332. The summed E-state index contributed by atoms with van der Waals surface area (Å²) in [6.45, 7) is 1.06. The Kier molecular flexibility index (Phi) is 4.40. The van der Waals surface area contributed by atoms with E-state index in [1.54, 1.807) is 11.7 Å². The Hall–Kier alpha value is -1.31. The van der Waals surface area contributed by atoms with Crippen LogP contribution in [0.4, 0.5) is 10.9 Å². The second-order valence-electron chi connectivity index (χ2n) is 3.85. The molecule has 18 heavy (non-hydrogen) atoms. The summed E-state index contributed by atoms with van der Waals surface area (Å²) in [5.74, 6) is 0.716. The lowest BCUT2D eigenvalue weighted by Gasteiger charge is -2.10. The van der Waals surface area contributed by atoms with E-state index in [0.29, 0.717) is 11.9 Å². The van der Waals surface area contributed by atoms with Crippen molar-refractivity contribution in [1.82, 2.24) is 25.5 Å². The van der Waals surface area contributed by atoms with E-state index in [-0.39, 0.29) is 12.4 Å². The minimum Gasteiger partial charge on any atom is -0.313 e. The second kappa shape index (κ2) is 6.03. The molecule has 1 aliphatic rings. The minimum atomic E-state index is 0. The molecule has 8 heteroatoms. The van der Waals surface area contributed by atoms with Crippen molar-refractivity contribution in [3.05, 3.63) is 23.6 Å². The van der Waals surface area contributed by atoms with Crippen LogP contribution in [-0.2, 0) is 0 Å². The van der Waals surface area contributed by atoms with Crippen LogP contribution in [-0.4, -0.2) is 26.7 Å². The van der Waals surface area contributed by atoms with E-state index in [2.05, 4.69) is 30.8 Å². The number of hydrogen-bond donors (Lipinski definition) is 2. The number of nitrogens with zero attached hydrogens (tertiary/aromatic N) is 4. The fraction of sp³-hybridized carbons (Fsp3) is 0.400. The van der Waals surface area contributed by atoms with Gasteiger partial charge in [0.05, 0.1) is 24.1 Å². The van der Waals surface area contributed by atoms with Gasteiger partial charge in [0.15, 0.2) is 5.82 Å². The summed E-state index contributed by atoms with van der Waals surface area (Å²) in [6.07, 6.45) is 5.82. The number of rotatable bonds is 3. The molecular weight excluding hydrogens is 272 g/mol. The van der Waals surface area contributed by atoms with Gasteiger partial charge in [0, 0.05) is 0 Å². The van der Waals surface area contributed by atoms with Crippen molar-refractivity contribution in [2.24, 2.45) is 0 Å². The van der Waals surface area contributed by atoms with E-state index in [1.807, 2.05) is 6.20 Å². The van der Waals surface area contributed by atoms with Crippen molar-refractivity contribution in [3.63, 3.8) is 0 Å². The lowest BCUT2D eigenvalue weighted by Crippen LogP contribution is -2.15. The first-order valence-electron chi connectivity index (χ1n) is 5.50. The summed E-state index contributed by atoms with van der Waals surface area (Å²) < 4.78 is 0. The Balaban J connectivity index is 0.00000120. The van der Waals surface area contributed by atoms with E-state index >= 15 is 0 Å². The SMILES string of the molecule is Cl.c1nnc(Nc2cncc(C3CCCN3)n2)s1. The first kappa shape index (κ1) is 13.1. The zero-order valence-corrected chi connectivity index (χ0v) is 11.2. The van der Waals surface area contributed by atoms with E-state index in [9.17, 15) is 0 Å². The quantitative estimate of drug-likeness (QED) is 0.897. The van der Waals surface area contributed by atoms with Crippen molar-refractivity contribution in [2.75, 3.05) is 11.9 Å². The summed E-state index contributed by atoms with van der Waals surface area (Å²) in [5.41, 5.74) is 2.66. The Bertz CT molecular complexity index is 485. The van der Waals surface area contributed by atoms with Crippen molar-refractivity contribution in [3.8, 4) is 0 Å². The molecule has 1 unspecified atom stereocenters. The molecule has 96 valence electrons. The molecule has 0 aliphatic carbocycles. The highest BCUT2D eigenvalue weighted by Crippen LogP contribution is 2.22. The molecule has 6 nitrogen and oxygen atoms in total. The highest BCUT2D eigenvalue weighted by Gasteiger charge is 2.18. The van der Waals surface area contributed by atoms with Crippen LogP contribution in [0.25, 0.3) is 0 Å². The first-order valence-corrected chi connectivity index (χ1v) is 6.38. The molecule has 0 aromatic carbocycles. The summed E-state index contributed by atoms with van der Waals surface area (Å²) in [7, 11) is 0. The van der Waals surface area contributed by atoms with Gasteiger partial charge in [-0.1, -0.05) is 11.3 Å². The van der Waals surface area contributed by atoms with Crippen LogP contribution in [0.2, 0.25) is 0 Å². The number of anilines is 2. The third-order valence-electron chi connectivity index (χ3n) is 2.67. The molecule has 0 bridgehead atoms. The molecule has 0 radical (unpaired) electrons. The van der Waals surface area contributed by atoms with Crippen LogP contribution in [0.5, 0.6) is 0 Å². The predicted molar refractivity (Wildman–Crippen MR) is 72.4 cm³/mol. The lowest BCUT2D eigenvalue weighted by molar-refractivity contribution is 0.625. The number of aromatic nitrogens is 4. The van der Waals surface area contributed by atoms with Gasteiger partial charge in [-0.25, -0.2) is 4.98 Å². The van der Waals surface area contributed by atoms with Crippen molar-refractivity contribution < 1.29 is 0 Å². The zero-order chi connectivity index (χ0) is 11.5. The number of hydrogen-bond acceptors (Lipinski definition) is 7.